The predicted molar refractivity (Wildman–Crippen MR) is 479 cm³/mol. The minimum absolute atomic E-state index is 0.152. The van der Waals surface area contributed by atoms with Crippen molar-refractivity contribution in [3.05, 3.63) is 303 Å². The van der Waals surface area contributed by atoms with E-state index in [2.05, 4.69) is 5.32 Å². The highest BCUT2D eigenvalue weighted by molar-refractivity contribution is 8.08. The van der Waals surface area contributed by atoms with Crippen molar-refractivity contribution in [3.63, 3.8) is 0 Å². The highest BCUT2D eigenvalue weighted by atomic mass is 32.2. The number of methoxy groups -OCH3 is 1. The number of hydrogen-bond donors (Lipinski definition) is 1. The van der Waals surface area contributed by atoms with Gasteiger partial charge < -0.3 is 52.1 Å². The second-order valence-corrected chi connectivity index (χ2v) is 37.5. The van der Waals surface area contributed by atoms with Crippen LogP contribution in [0.5, 0.6) is 57.5 Å². The van der Waals surface area contributed by atoms with Crippen molar-refractivity contribution in [2.45, 2.75) is 66.0 Å². The number of carbonyl (C=O) groups excluding carboxylic acids is 3. The van der Waals surface area contributed by atoms with Crippen LogP contribution >= 0.6 is 129 Å². The van der Waals surface area contributed by atoms with E-state index in [4.69, 9.17) is 52.1 Å². The molecule has 0 spiro atoms. The van der Waals surface area contributed by atoms with Gasteiger partial charge in [-0.1, -0.05) is 182 Å². The smallest absolute Gasteiger partial charge is 0.307 e. The molecular formula is C87H89NO14S11. The topological polar surface area (TPSA) is 165 Å². The number of imide groups is 1. The predicted octanol–water partition coefficient (Wildman–Crippen LogP) is 20.7. The van der Waals surface area contributed by atoms with Crippen LogP contribution in [0.15, 0.2) is 303 Å². The van der Waals surface area contributed by atoms with Crippen molar-refractivity contribution < 1.29 is 66.5 Å². The molecule has 11 rings (SSSR count). The summed E-state index contributed by atoms with van der Waals surface area (Å²) >= 11 is 17.2. The van der Waals surface area contributed by atoms with Gasteiger partial charge in [-0.25, -0.2) is 0 Å². The van der Waals surface area contributed by atoms with Crippen molar-refractivity contribution >= 4 is 147 Å². The Balaban J connectivity index is 0.916. The molecule has 0 bridgehead atoms. The van der Waals surface area contributed by atoms with Gasteiger partial charge in [-0.15, -0.1) is 129 Å². The van der Waals surface area contributed by atoms with Crippen LogP contribution in [-0.2, 0) is 19.1 Å². The van der Waals surface area contributed by atoms with Crippen molar-refractivity contribution in [2.24, 2.45) is 0 Å². The third-order valence-corrected chi connectivity index (χ3v) is 30.5. The van der Waals surface area contributed by atoms with Crippen molar-refractivity contribution in [1.82, 2.24) is 5.32 Å². The Bertz CT molecular complexity index is 4250. The molecule has 1 aliphatic rings. The monoisotopic (exact) mass is 1720 g/mol. The van der Waals surface area contributed by atoms with Gasteiger partial charge in [-0.2, -0.15) is 0 Å². The molecule has 26 heteroatoms. The van der Waals surface area contributed by atoms with E-state index in [1.165, 1.54) is 42.4 Å². The lowest BCUT2D eigenvalue weighted by molar-refractivity contribution is -0.142. The fourth-order valence-electron chi connectivity index (χ4n) is 10.4. The third kappa shape index (κ3) is 33.4. The average molecular weight is 1730 g/mol. The van der Waals surface area contributed by atoms with E-state index in [9.17, 15) is 14.4 Å². The van der Waals surface area contributed by atoms with E-state index in [0.717, 1.165) is 23.0 Å². The summed E-state index contributed by atoms with van der Waals surface area (Å²) in [7, 11) is 1.28. The third-order valence-electron chi connectivity index (χ3n) is 15.8. The molecule has 10 aromatic carbocycles. The summed E-state index contributed by atoms with van der Waals surface area (Å²) in [5, 5.41) is 1.60. The van der Waals surface area contributed by atoms with Crippen molar-refractivity contribution in [3.8, 4) is 57.5 Å². The number of carbonyl (C=O) groups is 3. The molecular weight excluding hydrogens is 1640 g/mol. The van der Waals surface area contributed by atoms with E-state index >= 15 is 0 Å². The summed E-state index contributed by atoms with van der Waals surface area (Å²) in [5.41, 5.74) is -4.37. The summed E-state index contributed by atoms with van der Waals surface area (Å²) < 4.78 is 73.9. The Labute approximate surface area is 709 Å². The summed E-state index contributed by atoms with van der Waals surface area (Å²) in [5.74, 6) is 9.62. The average Bonchev–Trinajstić information content (AvgIpc) is 0.884. The molecule has 0 aromatic heterocycles. The van der Waals surface area contributed by atoms with Crippen LogP contribution in [0.1, 0.15) is 6.42 Å². The fraction of sp³-hybridized carbons (Fsp3) is 0.276. The Morgan fingerprint density at radius 2 is 0.416 bits per heavy atom. The number of para-hydroxylation sites is 10. The van der Waals surface area contributed by atoms with E-state index in [0.29, 0.717) is 86.3 Å². The van der Waals surface area contributed by atoms with Gasteiger partial charge in [-0.05, 0) is 121 Å². The SMILES string of the molecule is COC(=O)CC1SCC(Oc2ccccc2)SCC(Oc2ccccc2)SCC(Oc2ccccc2)SCC(Oc2ccccc2)SCC(Oc2ccccc2)SCC(Oc2ccccc2)SCC(Oc2ccccc2)SCC(Oc2ccccc2)SCC(Oc2ccccc2)SCC(Oc2ccccc2)SCC(=O)NC1=O. The minimum atomic E-state index is -1.04. The van der Waals surface area contributed by atoms with E-state index in [-0.39, 0.29) is 39.7 Å². The number of benzene rings is 10. The van der Waals surface area contributed by atoms with Gasteiger partial charge in [0, 0.05) is 57.5 Å². The Morgan fingerprint density at radius 1 is 0.257 bits per heavy atom. The second-order valence-electron chi connectivity index (χ2n) is 24.4. The molecule has 113 heavy (non-hydrogen) atoms. The number of esters is 1. The van der Waals surface area contributed by atoms with Crippen LogP contribution in [0.25, 0.3) is 0 Å². The lowest BCUT2D eigenvalue weighted by Gasteiger charge is -2.28. The number of nitrogens with one attached hydrogen (secondary N) is 1. The van der Waals surface area contributed by atoms with Gasteiger partial charge in [0.05, 0.1) is 24.5 Å². The molecule has 1 aliphatic heterocycles. The Kier molecular flexibility index (Phi) is 38.4. The molecule has 11 atom stereocenters. The quantitative estimate of drug-likeness (QED) is 0.0503. The number of rotatable bonds is 22. The maximum Gasteiger partial charge on any atom is 0.307 e. The molecule has 592 valence electrons. The molecule has 2 amide bonds. The summed E-state index contributed by atoms with van der Waals surface area (Å²) in [6.45, 7) is 0. The molecule has 1 saturated heterocycles. The maximum atomic E-state index is 14.6. The fourth-order valence-corrected chi connectivity index (χ4v) is 23.7. The summed E-state index contributed by atoms with van der Waals surface area (Å²) in [6, 6.07) is 97.6. The van der Waals surface area contributed by atoms with E-state index < -0.39 is 55.6 Å². The first-order chi connectivity index (χ1) is 55.6. The molecule has 1 heterocycles. The zero-order valence-corrected chi connectivity index (χ0v) is 70.9. The standard InChI is InChI=1S/C87H89NO14S11/c1-92-76(90)52-74-87(91)88-75(89)53-104-78(94-65-34-14-3-15-35-65)55-106-80(96-67-38-18-5-19-39-67)57-108-82(98-69-42-22-7-23-43-69)59-110-84(100-71-46-26-9-27-47-71)61-112-86(102-73-50-30-11-31-51-73)63-113-85(101-72-48-28-10-29-49-72)62-111-83(99-70-44-24-8-25-45-70)60-109-81(97-68-40-20-6-21-41-68)58-107-79(95-66-36-16-4-17-37-66)56-105-77(54-103-74)93-64-32-12-2-13-33-64/h2-51,74,77-86H,52-63H2,1H3,(H,88,89,91). The van der Waals surface area contributed by atoms with Gasteiger partial charge in [0.1, 0.15) is 57.5 Å². The first-order valence-corrected chi connectivity index (χ1v) is 48.0. The number of amides is 2. The van der Waals surface area contributed by atoms with Crippen molar-refractivity contribution in [2.75, 3.05) is 70.4 Å². The van der Waals surface area contributed by atoms with Crippen LogP contribution in [0.4, 0.5) is 0 Å². The van der Waals surface area contributed by atoms with Gasteiger partial charge in [0.15, 0.2) is 54.4 Å². The first kappa shape index (κ1) is 86.5. The molecule has 1 N–H and O–H groups in total. The van der Waals surface area contributed by atoms with Gasteiger partial charge in [-0.3, -0.25) is 19.7 Å². The molecule has 0 aliphatic carbocycles. The molecule has 1 fully saturated rings. The minimum Gasteiger partial charge on any atom is -0.479 e. The van der Waals surface area contributed by atoms with Crippen molar-refractivity contribution in [1.29, 1.82) is 0 Å². The number of ether oxygens (including phenoxy) is 11. The van der Waals surface area contributed by atoms with Gasteiger partial charge in [0.25, 0.3) is 0 Å². The summed E-state index contributed by atoms with van der Waals surface area (Å²) in [4.78, 5) is 42.0. The maximum absolute atomic E-state index is 14.6. The number of hydrogen-bond acceptors (Lipinski definition) is 25. The van der Waals surface area contributed by atoms with Crippen LogP contribution in [0, 0.1) is 0 Å². The highest BCUT2D eigenvalue weighted by Gasteiger charge is 2.32. The summed E-state index contributed by atoms with van der Waals surface area (Å²) in [6.07, 6.45) is -0.303. The Morgan fingerprint density at radius 3 is 0.584 bits per heavy atom. The zero-order chi connectivity index (χ0) is 78.0. The van der Waals surface area contributed by atoms with Crippen LogP contribution in [0.3, 0.4) is 0 Å². The van der Waals surface area contributed by atoms with E-state index in [1.54, 1.807) is 94.1 Å². The molecule has 0 radical (unpaired) electrons. The second kappa shape index (κ2) is 50.2. The van der Waals surface area contributed by atoms with Gasteiger partial charge >= 0.3 is 5.97 Å². The zero-order valence-electron chi connectivity index (χ0n) is 61.9. The first-order valence-electron chi connectivity index (χ1n) is 36.5. The lowest BCUT2D eigenvalue weighted by Crippen LogP contribution is -2.40. The van der Waals surface area contributed by atoms with Crippen LogP contribution < -0.4 is 52.7 Å². The van der Waals surface area contributed by atoms with Gasteiger partial charge in [0.2, 0.25) is 11.8 Å². The molecule has 11 unspecified atom stereocenters. The molecule has 10 aromatic rings. The van der Waals surface area contributed by atoms with Crippen LogP contribution in [0.2, 0.25) is 0 Å². The lowest BCUT2D eigenvalue weighted by atomic mass is 10.3. The highest BCUT2D eigenvalue weighted by Crippen LogP contribution is 2.38. The largest absolute Gasteiger partial charge is 0.479 e. The normalized spacial score (nSPS) is 22.2. The Hall–Kier alpha value is -7.34. The van der Waals surface area contributed by atoms with Crippen LogP contribution in [-0.4, -0.2) is 148 Å². The van der Waals surface area contributed by atoms with E-state index in [1.807, 2.05) is 303 Å². The molecule has 0 saturated carbocycles. The molecule has 15 nitrogen and oxygen atoms in total. The number of thioether (sulfide) groups is 11.